The fourth-order valence-electron chi connectivity index (χ4n) is 10.5. The number of hydrogen-bond donors (Lipinski definition) is 3. The summed E-state index contributed by atoms with van der Waals surface area (Å²) in [5.41, 5.74) is -3.38. The fraction of sp³-hybridized carbons (Fsp3) is 0.963. The normalized spacial score (nSPS) is 68.2. The van der Waals surface area contributed by atoms with Crippen LogP contribution in [0.1, 0.15) is 73.1 Å². The summed E-state index contributed by atoms with van der Waals surface area (Å²) >= 11 is 0. The Balaban J connectivity index is 1.30. The smallest absolute Gasteiger partial charge is 0.169 e. The summed E-state index contributed by atoms with van der Waals surface area (Å²) in [5.74, 6) is -0.175. The van der Waals surface area contributed by atoms with Gasteiger partial charge in [0, 0.05) is 24.7 Å². The monoisotopic (exact) mass is 476 g/mol. The first-order valence-electron chi connectivity index (χ1n) is 13.4. The van der Waals surface area contributed by atoms with Crippen LogP contribution in [-0.2, 0) is 19.0 Å². The van der Waals surface area contributed by atoms with E-state index < -0.39 is 34.6 Å². The lowest BCUT2D eigenvalue weighted by atomic mass is 9.42. The van der Waals surface area contributed by atoms with Crippen LogP contribution in [0.25, 0.3) is 0 Å². The molecule has 3 saturated heterocycles. The highest BCUT2D eigenvalue weighted by Gasteiger charge is 2.80. The van der Waals surface area contributed by atoms with Crippen LogP contribution >= 0.6 is 0 Å². The fourth-order valence-corrected chi connectivity index (χ4v) is 10.5. The van der Waals surface area contributed by atoms with Crippen molar-refractivity contribution in [1.29, 1.82) is 0 Å². The first-order chi connectivity index (χ1) is 15.8. The lowest BCUT2D eigenvalue weighted by molar-refractivity contribution is -0.245. The van der Waals surface area contributed by atoms with E-state index in [1.807, 2.05) is 20.8 Å². The van der Waals surface area contributed by atoms with E-state index in [0.717, 1.165) is 25.7 Å². The van der Waals surface area contributed by atoms with E-state index in [0.29, 0.717) is 0 Å². The van der Waals surface area contributed by atoms with E-state index in [9.17, 15) is 20.1 Å². The van der Waals surface area contributed by atoms with Crippen molar-refractivity contribution in [3.8, 4) is 0 Å². The minimum Gasteiger partial charge on any atom is -0.393 e. The molecule has 4 saturated carbocycles. The van der Waals surface area contributed by atoms with Crippen molar-refractivity contribution < 1.29 is 34.3 Å². The van der Waals surface area contributed by atoms with Crippen molar-refractivity contribution in [3.05, 3.63) is 0 Å². The highest BCUT2D eigenvalue weighted by molar-refractivity contribution is 5.88. The number of fused-ring (bicyclic) bond motifs is 12. The van der Waals surface area contributed by atoms with Crippen molar-refractivity contribution in [3.63, 3.8) is 0 Å². The number of epoxide rings is 1. The lowest BCUT2D eigenvalue weighted by Crippen LogP contribution is -2.70. The summed E-state index contributed by atoms with van der Waals surface area (Å²) < 4.78 is 19.3. The second-order valence-electron chi connectivity index (χ2n) is 13.8. The van der Waals surface area contributed by atoms with Crippen LogP contribution in [0.15, 0.2) is 0 Å². The molecular weight excluding hydrogens is 436 g/mol. The van der Waals surface area contributed by atoms with Crippen molar-refractivity contribution >= 4 is 5.78 Å². The topological polar surface area (TPSA) is 109 Å². The molecule has 34 heavy (non-hydrogen) atoms. The largest absolute Gasteiger partial charge is 0.393 e. The maximum absolute atomic E-state index is 13.5. The molecular formula is C27H40O7. The van der Waals surface area contributed by atoms with Crippen LogP contribution in [0.5, 0.6) is 0 Å². The standard InChI is InChI=1S/C27H40O7/c1-12-8-18-25(4,30)21-16(33-26(12,5)34-18)10-15-19-14(6-7-23(15,21)2)24(3)17(29)9-13(28)11-27(24,31)22-20(19)32-22/h12-16,18-22,28,30-31H,6-11H2,1-5H3/t12-,13-,14?,15?,16?,18?,19?,20+,21?,22+,23+,24+,25+,26+,27+/m1/s1. The van der Waals surface area contributed by atoms with Gasteiger partial charge in [-0.3, -0.25) is 4.79 Å². The zero-order valence-electron chi connectivity index (χ0n) is 21.0. The van der Waals surface area contributed by atoms with Crippen LogP contribution in [0.3, 0.4) is 0 Å². The maximum atomic E-state index is 13.5. The van der Waals surface area contributed by atoms with Crippen LogP contribution in [0, 0.1) is 40.4 Å². The Labute approximate surface area is 201 Å². The molecule has 4 aliphatic carbocycles. The van der Waals surface area contributed by atoms with Gasteiger partial charge >= 0.3 is 0 Å². The van der Waals surface area contributed by atoms with Gasteiger partial charge in [-0.1, -0.05) is 13.8 Å². The highest BCUT2D eigenvalue weighted by atomic mass is 16.7. The molecule has 15 atom stereocenters. The van der Waals surface area contributed by atoms with Crippen molar-refractivity contribution in [1.82, 2.24) is 0 Å². The number of carbonyl (C=O) groups is 1. The second kappa shape index (κ2) is 6.28. The minimum atomic E-state index is -1.30. The van der Waals surface area contributed by atoms with Gasteiger partial charge < -0.3 is 29.5 Å². The van der Waals surface area contributed by atoms with Gasteiger partial charge in [-0.2, -0.15) is 0 Å². The number of Topliss-reactive ketones (excluding diaryl/α,β-unsaturated/α-hetero) is 1. The summed E-state index contributed by atoms with van der Waals surface area (Å²) in [6.07, 6.45) is 1.93. The van der Waals surface area contributed by atoms with Crippen molar-refractivity contribution in [2.24, 2.45) is 40.4 Å². The average molecular weight is 477 g/mol. The Bertz CT molecular complexity index is 951. The van der Waals surface area contributed by atoms with E-state index in [1.165, 1.54) is 0 Å². The molecule has 7 fully saturated rings. The number of ether oxygens (including phenoxy) is 3. The summed E-state index contributed by atoms with van der Waals surface area (Å²) in [4.78, 5) is 13.5. The Hall–Kier alpha value is -0.570. The average Bonchev–Trinajstić information content (AvgIpc) is 3.41. The predicted molar refractivity (Wildman–Crippen MR) is 120 cm³/mol. The lowest BCUT2D eigenvalue weighted by Gasteiger charge is -2.61. The Morgan fingerprint density at radius 1 is 1.03 bits per heavy atom. The van der Waals surface area contributed by atoms with Crippen molar-refractivity contribution in [2.45, 2.75) is 121 Å². The Morgan fingerprint density at radius 3 is 2.50 bits per heavy atom. The van der Waals surface area contributed by atoms with Gasteiger partial charge in [-0.25, -0.2) is 0 Å². The number of rotatable bonds is 0. The SMILES string of the molecule is C[C@@H]1CC2O[C@]1(C)OC1CC3C4C(CC[C@]3(C)C1[C@@]2(C)O)[C@@]1(C)C(=O)C[C@@H](O)C[C@]1(O)[C@H]1O[C@@H]41. The second-order valence-corrected chi connectivity index (χ2v) is 13.8. The zero-order chi connectivity index (χ0) is 24.2. The number of aliphatic hydroxyl groups is 3. The molecule has 7 rings (SSSR count). The molecule has 0 radical (unpaired) electrons. The summed E-state index contributed by atoms with van der Waals surface area (Å²) in [6, 6.07) is 0. The molecule has 0 amide bonds. The third kappa shape index (κ3) is 2.34. The Morgan fingerprint density at radius 2 is 1.76 bits per heavy atom. The molecule has 3 aliphatic heterocycles. The molecule has 7 nitrogen and oxygen atoms in total. The number of aliphatic hydroxyl groups excluding tert-OH is 1. The molecule has 0 spiro atoms. The molecule has 3 N–H and O–H groups in total. The number of ketones is 1. The van der Waals surface area contributed by atoms with E-state index >= 15 is 0 Å². The van der Waals surface area contributed by atoms with Gasteiger partial charge in [-0.05, 0) is 69.6 Å². The number of carbonyl (C=O) groups excluding carboxylic acids is 1. The third-order valence-electron chi connectivity index (χ3n) is 12.4. The molecule has 3 heterocycles. The molecule has 2 bridgehead atoms. The van der Waals surface area contributed by atoms with Crippen LogP contribution < -0.4 is 0 Å². The minimum absolute atomic E-state index is 0.00842. The quantitative estimate of drug-likeness (QED) is 0.460. The van der Waals surface area contributed by atoms with E-state index in [-0.39, 0.29) is 71.9 Å². The molecule has 0 aromatic rings. The van der Waals surface area contributed by atoms with Crippen LogP contribution in [-0.4, -0.2) is 68.6 Å². The van der Waals surface area contributed by atoms with Gasteiger partial charge in [0.25, 0.3) is 0 Å². The van der Waals surface area contributed by atoms with Crippen LogP contribution in [0.2, 0.25) is 0 Å². The molecule has 0 aromatic heterocycles. The Kier molecular flexibility index (Phi) is 4.18. The zero-order valence-corrected chi connectivity index (χ0v) is 21.0. The van der Waals surface area contributed by atoms with Gasteiger partial charge in [0.05, 0.1) is 35.4 Å². The molecule has 6 unspecified atom stereocenters. The molecule has 7 aliphatic rings. The van der Waals surface area contributed by atoms with Gasteiger partial charge in [0.2, 0.25) is 0 Å². The van der Waals surface area contributed by atoms with Gasteiger partial charge in [0.15, 0.2) is 5.79 Å². The van der Waals surface area contributed by atoms with E-state index in [4.69, 9.17) is 14.2 Å². The molecule has 0 aromatic carbocycles. The summed E-state index contributed by atoms with van der Waals surface area (Å²) in [7, 11) is 0. The van der Waals surface area contributed by atoms with Crippen molar-refractivity contribution in [2.75, 3.05) is 0 Å². The molecule has 7 heteroatoms. The molecule has 190 valence electrons. The summed E-state index contributed by atoms with van der Waals surface area (Å²) in [6.45, 7) is 10.4. The summed E-state index contributed by atoms with van der Waals surface area (Å²) in [5, 5.41) is 34.2. The van der Waals surface area contributed by atoms with E-state index in [1.54, 1.807) is 0 Å². The first-order valence-corrected chi connectivity index (χ1v) is 13.4. The van der Waals surface area contributed by atoms with E-state index in [2.05, 4.69) is 13.8 Å². The third-order valence-corrected chi connectivity index (χ3v) is 12.4. The number of hydrogen-bond acceptors (Lipinski definition) is 7. The maximum Gasteiger partial charge on any atom is 0.169 e. The highest BCUT2D eigenvalue weighted by Crippen LogP contribution is 2.73. The van der Waals surface area contributed by atoms with Gasteiger partial charge in [0.1, 0.15) is 17.5 Å². The van der Waals surface area contributed by atoms with Gasteiger partial charge in [-0.15, -0.1) is 0 Å². The first kappa shape index (κ1) is 22.6. The predicted octanol–water partition coefficient (Wildman–Crippen LogP) is 2.19. The van der Waals surface area contributed by atoms with Crippen LogP contribution in [0.4, 0.5) is 0 Å².